The van der Waals surface area contributed by atoms with Gasteiger partial charge in [0, 0.05) is 12.6 Å². The van der Waals surface area contributed by atoms with E-state index in [4.69, 9.17) is 4.43 Å². The normalized spacial score (nSPS) is 15.3. The minimum atomic E-state index is -3.47. The van der Waals surface area contributed by atoms with Gasteiger partial charge in [-0.15, -0.1) is 0 Å². The zero-order chi connectivity index (χ0) is 28.1. The number of anilines is 1. The lowest BCUT2D eigenvalue weighted by Gasteiger charge is -2.42. The number of nitrogens with zero attached hydrogens (tertiary/aromatic N) is 1. The van der Waals surface area contributed by atoms with E-state index in [-0.39, 0.29) is 29.0 Å². The maximum Gasteiger partial charge on any atom is 0.306 e. The van der Waals surface area contributed by atoms with Crippen LogP contribution in [0.4, 0.5) is 5.69 Å². The SMILES string of the molecule is CCS(=O)(=O)N(C)c1cccc(C(=O)N[C@@H](CC(C)C)[C@H](C[C@@H](C)C(=O)O)O[Si](C)(C)C(C)(C)C)c1. The number of carbonyl (C=O) groups is 2. The Balaban J connectivity index is 3.36. The molecular formula is C26H46N2O6SSi. The largest absolute Gasteiger partial charge is 0.481 e. The molecule has 0 aliphatic rings. The monoisotopic (exact) mass is 542 g/mol. The van der Waals surface area contributed by atoms with Crippen molar-refractivity contribution < 1.29 is 27.5 Å². The van der Waals surface area contributed by atoms with Crippen LogP contribution in [0.2, 0.25) is 18.1 Å². The van der Waals surface area contributed by atoms with E-state index in [1.807, 2.05) is 13.8 Å². The van der Waals surface area contributed by atoms with Crippen molar-refractivity contribution in [2.24, 2.45) is 11.8 Å². The Labute approximate surface area is 219 Å². The second-order valence-electron chi connectivity index (χ2n) is 11.5. The Kier molecular flexibility index (Phi) is 11.2. The van der Waals surface area contributed by atoms with Gasteiger partial charge in [0.15, 0.2) is 8.32 Å². The highest BCUT2D eigenvalue weighted by Gasteiger charge is 2.42. The molecule has 0 aliphatic heterocycles. The molecule has 0 bridgehead atoms. The summed E-state index contributed by atoms with van der Waals surface area (Å²) in [5.41, 5.74) is 0.732. The van der Waals surface area contributed by atoms with Crippen molar-refractivity contribution >= 4 is 35.9 Å². The minimum Gasteiger partial charge on any atom is -0.481 e. The molecule has 1 aromatic rings. The Morgan fingerprint density at radius 1 is 1.14 bits per heavy atom. The van der Waals surface area contributed by atoms with E-state index in [2.05, 4.69) is 39.2 Å². The third-order valence-corrected chi connectivity index (χ3v) is 13.3. The van der Waals surface area contributed by atoms with Gasteiger partial charge in [-0.05, 0) is 62.0 Å². The van der Waals surface area contributed by atoms with Crippen LogP contribution in [-0.4, -0.2) is 58.7 Å². The highest BCUT2D eigenvalue weighted by Crippen LogP contribution is 2.39. The first kappa shape index (κ1) is 32.1. The molecule has 0 fully saturated rings. The van der Waals surface area contributed by atoms with E-state index >= 15 is 0 Å². The van der Waals surface area contributed by atoms with Crippen LogP contribution < -0.4 is 9.62 Å². The van der Waals surface area contributed by atoms with Crippen LogP contribution in [0.5, 0.6) is 0 Å². The lowest BCUT2D eigenvalue weighted by molar-refractivity contribution is -0.142. The van der Waals surface area contributed by atoms with Crippen LogP contribution in [0.25, 0.3) is 0 Å². The number of hydrogen-bond acceptors (Lipinski definition) is 5. The first-order valence-corrected chi connectivity index (χ1v) is 17.1. The molecule has 0 aromatic heterocycles. The molecule has 36 heavy (non-hydrogen) atoms. The van der Waals surface area contributed by atoms with Gasteiger partial charge in [-0.1, -0.05) is 47.6 Å². The molecule has 0 saturated carbocycles. The van der Waals surface area contributed by atoms with Crippen molar-refractivity contribution in [3.8, 4) is 0 Å². The molecule has 1 rings (SSSR count). The zero-order valence-corrected chi connectivity index (χ0v) is 25.4. The predicted molar refractivity (Wildman–Crippen MR) is 149 cm³/mol. The molecular weight excluding hydrogens is 496 g/mol. The van der Waals surface area contributed by atoms with Gasteiger partial charge < -0.3 is 14.8 Å². The molecule has 0 heterocycles. The summed E-state index contributed by atoms with van der Waals surface area (Å²) in [4.78, 5) is 25.1. The molecule has 0 aliphatic carbocycles. The van der Waals surface area contributed by atoms with Gasteiger partial charge in [0.25, 0.3) is 5.91 Å². The third kappa shape index (κ3) is 8.88. The van der Waals surface area contributed by atoms with E-state index in [1.54, 1.807) is 38.1 Å². The Hall–Kier alpha value is -1.91. The molecule has 1 amide bonds. The number of nitrogens with one attached hydrogen (secondary N) is 1. The standard InChI is InChI=1S/C26H46N2O6SSi/c1-11-35(32,33)28(8)21-14-12-13-20(17-21)24(29)27-22(15-18(2)3)23(16-19(4)25(30)31)34-36(9,10)26(5,6)7/h12-14,17-19,22-23H,11,15-16H2,1-10H3,(H,27,29)(H,30,31)/t19-,22+,23+/m1/s1. The summed E-state index contributed by atoms with van der Waals surface area (Å²) in [5.74, 6) is -1.71. The quantitative estimate of drug-likeness (QED) is 0.335. The number of aliphatic carboxylic acids is 1. The fraction of sp³-hybridized carbons (Fsp3) is 0.692. The van der Waals surface area contributed by atoms with Crippen molar-refractivity contribution in [1.82, 2.24) is 5.32 Å². The van der Waals surface area contributed by atoms with Crippen LogP contribution in [0, 0.1) is 11.8 Å². The van der Waals surface area contributed by atoms with E-state index in [1.165, 1.54) is 11.4 Å². The van der Waals surface area contributed by atoms with Crippen LogP contribution in [0.1, 0.15) is 71.7 Å². The first-order chi connectivity index (χ1) is 16.3. The molecule has 10 heteroatoms. The van der Waals surface area contributed by atoms with Gasteiger partial charge in [-0.25, -0.2) is 8.42 Å². The summed E-state index contributed by atoms with van der Waals surface area (Å²) in [6, 6.07) is 6.08. The Bertz CT molecular complexity index is 1000. The number of sulfonamides is 1. The molecule has 206 valence electrons. The highest BCUT2D eigenvalue weighted by molar-refractivity contribution is 7.92. The smallest absolute Gasteiger partial charge is 0.306 e. The highest BCUT2D eigenvalue weighted by atomic mass is 32.2. The third-order valence-electron chi connectivity index (χ3n) is 7.00. The summed E-state index contributed by atoms with van der Waals surface area (Å²) in [6.45, 7) is 17.9. The van der Waals surface area contributed by atoms with Crippen molar-refractivity contribution in [3.63, 3.8) is 0 Å². The average Bonchev–Trinajstić information content (AvgIpc) is 2.76. The second-order valence-corrected chi connectivity index (χ2v) is 18.6. The van der Waals surface area contributed by atoms with Gasteiger partial charge >= 0.3 is 5.97 Å². The molecule has 0 saturated heterocycles. The zero-order valence-electron chi connectivity index (χ0n) is 23.6. The predicted octanol–water partition coefficient (Wildman–Crippen LogP) is 5.12. The number of hydrogen-bond donors (Lipinski definition) is 2. The van der Waals surface area contributed by atoms with E-state index in [9.17, 15) is 23.1 Å². The lowest BCUT2D eigenvalue weighted by atomic mass is 9.92. The first-order valence-electron chi connectivity index (χ1n) is 12.6. The number of rotatable bonds is 13. The summed E-state index contributed by atoms with van der Waals surface area (Å²) in [7, 11) is -4.29. The second kappa shape index (κ2) is 12.6. The van der Waals surface area contributed by atoms with Gasteiger partial charge in [0.05, 0.1) is 29.5 Å². The summed E-state index contributed by atoms with van der Waals surface area (Å²) < 4.78 is 32.5. The average molecular weight is 543 g/mol. The minimum absolute atomic E-state index is 0.0510. The van der Waals surface area contributed by atoms with E-state index < -0.39 is 42.4 Å². The Morgan fingerprint density at radius 3 is 2.19 bits per heavy atom. The van der Waals surface area contributed by atoms with Crippen LogP contribution in [0.15, 0.2) is 24.3 Å². The number of amides is 1. The number of carbonyl (C=O) groups excluding carboxylic acids is 1. The lowest BCUT2D eigenvalue weighted by Crippen LogP contribution is -2.53. The maximum atomic E-state index is 13.4. The fourth-order valence-corrected chi connectivity index (χ4v) is 5.75. The Morgan fingerprint density at radius 2 is 1.72 bits per heavy atom. The number of carboxylic acid groups (broad SMARTS) is 1. The van der Waals surface area contributed by atoms with Crippen LogP contribution in [-0.2, 0) is 19.2 Å². The van der Waals surface area contributed by atoms with Crippen molar-refractivity contribution in [2.75, 3.05) is 17.1 Å². The van der Waals surface area contributed by atoms with Crippen molar-refractivity contribution in [3.05, 3.63) is 29.8 Å². The van der Waals surface area contributed by atoms with Crippen LogP contribution >= 0.6 is 0 Å². The molecule has 2 N–H and O–H groups in total. The molecule has 0 unspecified atom stereocenters. The molecule has 1 aromatic carbocycles. The van der Waals surface area contributed by atoms with E-state index in [0.29, 0.717) is 17.7 Å². The molecule has 0 spiro atoms. The molecule has 0 radical (unpaired) electrons. The maximum absolute atomic E-state index is 13.4. The molecule has 8 nitrogen and oxygen atoms in total. The summed E-state index contributed by atoms with van der Waals surface area (Å²) in [5, 5.41) is 12.6. The number of carboxylic acids is 1. The van der Waals surface area contributed by atoms with Gasteiger partial charge in [0.2, 0.25) is 10.0 Å². The van der Waals surface area contributed by atoms with Crippen molar-refractivity contribution in [1.29, 1.82) is 0 Å². The van der Waals surface area contributed by atoms with Gasteiger partial charge in [-0.2, -0.15) is 0 Å². The molecule has 3 atom stereocenters. The van der Waals surface area contributed by atoms with Crippen LogP contribution in [0.3, 0.4) is 0 Å². The number of benzene rings is 1. The fourth-order valence-electron chi connectivity index (χ4n) is 3.56. The summed E-state index contributed by atoms with van der Waals surface area (Å²) >= 11 is 0. The van der Waals surface area contributed by atoms with E-state index in [0.717, 1.165) is 0 Å². The van der Waals surface area contributed by atoms with Gasteiger partial charge in [-0.3, -0.25) is 13.9 Å². The van der Waals surface area contributed by atoms with Crippen molar-refractivity contribution in [2.45, 2.75) is 91.6 Å². The summed E-state index contributed by atoms with van der Waals surface area (Å²) in [6.07, 6.45) is 0.410. The van der Waals surface area contributed by atoms with Gasteiger partial charge in [0.1, 0.15) is 0 Å². The topological polar surface area (TPSA) is 113 Å².